The molecule has 1 heterocycles. The van der Waals surface area contributed by atoms with Crippen molar-refractivity contribution in [2.45, 2.75) is 6.18 Å². The molecule has 0 aromatic heterocycles. The predicted octanol–water partition coefficient (Wildman–Crippen LogP) is 4.73. The molecular weight excluding hydrogens is 317 g/mol. The minimum atomic E-state index is -4.41. The smallest absolute Gasteiger partial charge is 0.398 e. The van der Waals surface area contributed by atoms with E-state index in [0.29, 0.717) is 22.6 Å². The fourth-order valence-corrected chi connectivity index (χ4v) is 3.06. The number of nitrogens with zero attached hydrogens (tertiary/aromatic N) is 1. The van der Waals surface area contributed by atoms with Crippen LogP contribution >= 0.6 is 0 Å². The number of carbonyl (C=O) groups excluding carboxylic acids is 1. The first-order valence-electron chi connectivity index (χ1n) is 7.21. The SMILES string of the molecule is Nc1ccc2c3c(cccc13)C(=O)N2c1ccc(C(F)(F)F)cc1. The highest BCUT2D eigenvalue weighted by molar-refractivity contribution is 6.29. The summed E-state index contributed by atoms with van der Waals surface area (Å²) in [7, 11) is 0. The fourth-order valence-electron chi connectivity index (χ4n) is 3.06. The number of carbonyl (C=O) groups is 1. The normalized spacial score (nSPS) is 13.8. The van der Waals surface area contributed by atoms with E-state index in [1.165, 1.54) is 17.0 Å². The molecule has 3 aromatic carbocycles. The lowest BCUT2D eigenvalue weighted by atomic mass is 10.0. The van der Waals surface area contributed by atoms with E-state index in [0.717, 1.165) is 22.9 Å². The molecule has 1 aliphatic rings. The minimum absolute atomic E-state index is 0.277. The van der Waals surface area contributed by atoms with Crippen LogP contribution in [0.4, 0.5) is 30.2 Å². The van der Waals surface area contributed by atoms with Gasteiger partial charge >= 0.3 is 6.18 Å². The van der Waals surface area contributed by atoms with E-state index in [1.807, 2.05) is 6.07 Å². The Morgan fingerprint density at radius 1 is 0.917 bits per heavy atom. The molecule has 1 aliphatic heterocycles. The van der Waals surface area contributed by atoms with Crippen molar-refractivity contribution in [3.8, 4) is 0 Å². The van der Waals surface area contributed by atoms with Gasteiger partial charge in [0, 0.05) is 22.1 Å². The van der Waals surface area contributed by atoms with Crippen LogP contribution < -0.4 is 10.6 Å². The molecule has 0 saturated carbocycles. The number of hydrogen-bond acceptors (Lipinski definition) is 2. The highest BCUT2D eigenvalue weighted by Gasteiger charge is 2.33. The summed E-state index contributed by atoms with van der Waals surface area (Å²) in [4.78, 5) is 14.1. The molecule has 0 saturated heterocycles. The Morgan fingerprint density at radius 3 is 2.29 bits per heavy atom. The predicted molar refractivity (Wildman–Crippen MR) is 86.3 cm³/mol. The van der Waals surface area contributed by atoms with E-state index in [-0.39, 0.29) is 5.91 Å². The lowest BCUT2D eigenvalue weighted by Gasteiger charge is -2.18. The van der Waals surface area contributed by atoms with Crippen molar-refractivity contribution >= 4 is 33.7 Å². The zero-order chi connectivity index (χ0) is 17.1. The molecule has 0 atom stereocenters. The van der Waals surface area contributed by atoms with Crippen molar-refractivity contribution in [2.75, 3.05) is 10.6 Å². The van der Waals surface area contributed by atoms with Gasteiger partial charge in [0.1, 0.15) is 0 Å². The average Bonchev–Trinajstić information content (AvgIpc) is 2.84. The van der Waals surface area contributed by atoms with Crippen molar-refractivity contribution in [1.82, 2.24) is 0 Å². The number of halogens is 3. The van der Waals surface area contributed by atoms with Crippen LogP contribution in [-0.4, -0.2) is 5.91 Å². The lowest BCUT2D eigenvalue weighted by Crippen LogP contribution is -2.21. The zero-order valence-corrected chi connectivity index (χ0v) is 12.3. The molecule has 0 spiro atoms. The van der Waals surface area contributed by atoms with E-state index < -0.39 is 11.7 Å². The molecule has 3 nitrogen and oxygen atoms in total. The van der Waals surface area contributed by atoms with E-state index in [4.69, 9.17) is 5.73 Å². The number of rotatable bonds is 1. The lowest BCUT2D eigenvalue weighted by molar-refractivity contribution is -0.137. The summed E-state index contributed by atoms with van der Waals surface area (Å²) >= 11 is 0. The molecule has 0 aliphatic carbocycles. The second-order valence-corrected chi connectivity index (χ2v) is 5.59. The van der Waals surface area contributed by atoms with Crippen molar-refractivity contribution in [1.29, 1.82) is 0 Å². The van der Waals surface area contributed by atoms with Crippen molar-refractivity contribution in [2.24, 2.45) is 0 Å². The monoisotopic (exact) mass is 328 g/mol. The number of amides is 1. The molecule has 0 fully saturated rings. The molecule has 0 unspecified atom stereocenters. The molecule has 3 aromatic rings. The molecule has 120 valence electrons. The number of nitrogens with two attached hydrogens (primary N) is 1. The van der Waals surface area contributed by atoms with Crippen LogP contribution in [0.2, 0.25) is 0 Å². The van der Waals surface area contributed by atoms with E-state index in [2.05, 4.69) is 0 Å². The van der Waals surface area contributed by atoms with Gasteiger partial charge in [-0.25, -0.2) is 0 Å². The first-order valence-corrected chi connectivity index (χ1v) is 7.21. The Kier molecular flexibility index (Phi) is 2.87. The van der Waals surface area contributed by atoms with Crippen LogP contribution in [0.5, 0.6) is 0 Å². The van der Waals surface area contributed by atoms with Gasteiger partial charge in [0.15, 0.2) is 0 Å². The maximum atomic E-state index is 12.7. The molecule has 6 heteroatoms. The van der Waals surface area contributed by atoms with Gasteiger partial charge in [-0.2, -0.15) is 13.2 Å². The quantitative estimate of drug-likeness (QED) is 0.656. The highest BCUT2D eigenvalue weighted by atomic mass is 19.4. The summed E-state index contributed by atoms with van der Waals surface area (Å²) in [5.74, 6) is -0.277. The van der Waals surface area contributed by atoms with Crippen molar-refractivity contribution in [3.63, 3.8) is 0 Å². The van der Waals surface area contributed by atoms with Gasteiger partial charge in [-0.1, -0.05) is 12.1 Å². The third-order valence-electron chi connectivity index (χ3n) is 4.18. The molecule has 1 amide bonds. The van der Waals surface area contributed by atoms with Crippen LogP contribution in [0.15, 0.2) is 54.6 Å². The number of hydrogen-bond donors (Lipinski definition) is 1. The summed E-state index contributed by atoms with van der Waals surface area (Å²) in [6, 6.07) is 13.2. The number of anilines is 3. The first-order chi connectivity index (χ1) is 11.4. The van der Waals surface area contributed by atoms with E-state index in [1.54, 1.807) is 24.3 Å². The molecule has 4 rings (SSSR count). The van der Waals surface area contributed by atoms with Gasteiger partial charge in [-0.05, 0) is 42.5 Å². The number of alkyl halides is 3. The van der Waals surface area contributed by atoms with Crippen LogP contribution in [0.1, 0.15) is 15.9 Å². The van der Waals surface area contributed by atoms with Gasteiger partial charge in [-0.3, -0.25) is 9.69 Å². The first kappa shape index (κ1) is 14.6. The summed E-state index contributed by atoms with van der Waals surface area (Å²) in [5, 5.41) is 1.48. The van der Waals surface area contributed by atoms with Crippen molar-refractivity contribution < 1.29 is 18.0 Å². The average molecular weight is 328 g/mol. The maximum absolute atomic E-state index is 12.7. The van der Waals surface area contributed by atoms with Crippen LogP contribution in [0.25, 0.3) is 10.8 Å². The second kappa shape index (κ2) is 4.74. The minimum Gasteiger partial charge on any atom is -0.398 e. The topological polar surface area (TPSA) is 46.3 Å². The maximum Gasteiger partial charge on any atom is 0.416 e. The molecular formula is C18H11F3N2O. The molecule has 2 N–H and O–H groups in total. The largest absolute Gasteiger partial charge is 0.416 e. The Bertz CT molecular complexity index is 978. The summed E-state index contributed by atoms with van der Waals surface area (Å²) < 4.78 is 38.2. The number of nitrogen functional groups attached to an aromatic ring is 1. The van der Waals surface area contributed by atoms with Gasteiger partial charge in [-0.15, -0.1) is 0 Å². The van der Waals surface area contributed by atoms with Crippen LogP contribution in [-0.2, 0) is 6.18 Å². The van der Waals surface area contributed by atoms with Gasteiger partial charge in [0.05, 0.1) is 16.8 Å². The third kappa shape index (κ3) is 1.96. The Hall–Kier alpha value is -3.02. The van der Waals surface area contributed by atoms with Gasteiger partial charge in [0.25, 0.3) is 5.91 Å². The standard InChI is InChI=1S/C18H11F3N2O/c19-18(20,21)10-4-6-11(7-5-10)23-15-9-8-14(22)12-2-1-3-13(16(12)15)17(23)24/h1-9H,22H2. The van der Waals surface area contributed by atoms with Crippen molar-refractivity contribution in [3.05, 3.63) is 65.7 Å². The van der Waals surface area contributed by atoms with Gasteiger partial charge in [0.2, 0.25) is 0 Å². The number of benzene rings is 3. The van der Waals surface area contributed by atoms with Crippen LogP contribution in [0, 0.1) is 0 Å². The van der Waals surface area contributed by atoms with Gasteiger partial charge < -0.3 is 5.73 Å². The molecule has 24 heavy (non-hydrogen) atoms. The molecule has 0 bridgehead atoms. The van der Waals surface area contributed by atoms with Crippen LogP contribution in [0.3, 0.4) is 0 Å². The fraction of sp³-hybridized carbons (Fsp3) is 0.0556. The Morgan fingerprint density at radius 2 is 1.62 bits per heavy atom. The van der Waals surface area contributed by atoms with E-state index >= 15 is 0 Å². The summed E-state index contributed by atoms with van der Waals surface area (Å²) in [6.45, 7) is 0. The zero-order valence-electron chi connectivity index (χ0n) is 12.3. The summed E-state index contributed by atoms with van der Waals surface area (Å²) in [6.07, 6.45) is -4.41. The second-order valence-electron chi connectivity index (χ2n) is 5.59. The third-order valence-corrected chi connectivity index (χ3v) is 4.18. The van der Waals surface area contributed by atoms with E-state index in [9.17, 15) is 18.0 Å². The molecule has 0 radical (unpaired) electrons. The Balaban J connectivity index is 1.88. The Labute approximate surface area is 135 Å². The summed E-state index contributed by atoms with van der Waals surface area (Å²) in [5.41, 5.74) is 7.27. The highest BCUT2D eigenvalue weighted by Crippen LogP contribution is 2.43.